The minimum absolute atomic E-state index is 0.0732. The summed E-state index contributed by atoms with van der Waals surface area (Å²) in [4.78, 5) is 14.5. The van der Waals surface area contributed by atoms with Gasteiger partial charge in [-0.25, -0.2) is 4.79 Å². The van der Waals surface area contributed by atoms with Gasteiger partial charge in [0.05, 0.1) is 12.1 Å². The molecule has 0 spiro atoms. The van der Waals surface area contributed by atoms with Gasteiger partial charge in [0, 0.05) is 25.0 Å². The number of nitrogens with one attached hydrogen (secondary N) is 2. The van der Waals surface area contributed by atoms with Crippen LogP contribution in [0.5, 0.6) is 0 Å². The van der Waals surface area contributed by atoms with Crippen LogP contribution in [0.4, 0.5) is 4.79 Å². The second-order valence-electron chi connectivity index (χ2n) is 7.82. The Balaban J connectivity index is 1.51. The molecular weight excluding hydrogens is 322 g/mol. The minimum atomic E-state index is 0.0732. The van der Waals surface area contributed by atoms with Gasteiger partial charge in [-0.05, 0) is 37.5 Å². The maximum atomic E-state index is 12.5. The van der Waals surface area contributed by atoms with Crippen molar-refractivity contribution in [1.29, 1.82) is 0 Å². The van der Waals surface area contributed by atoms with Gasteiger partial charge in [-0.3, -0.25) is 0 Å². The Morgan fingerprint density at radius 1 is 1.00 bits per heavy atom. The van der Waals surface area contributed by atoms with E-state index < -0.39 is 0 Å². The Morgan fingerprint density at radius 3 is 2.08 bits per heavy atom. The normalized spacial score (nSPS) is 24.3. The summed E-state index contributed by atoms with van der Waals surface area (Å²) in [6.45, 7) is 7.86. The van der Waals surface area contributed by atoms with Crippen molar-refractivity contribution in [3.63, 3.8) is 0 Å². The summed E-state index contributed by atoms with van der Waals surface area (Å²) in [5, 5.41) is 6.48. The van der Waals surface area contributed by atoms with Crippen molar-refractivity contribution >= 4 is 6.03 Å². The molecule has 2 aliphatic heterocycles. The summed E-state index contributed by atoms with van der Waals surface area (Å²) >= 11 is 0. The van der Waals surface area contributed by atoms with Crippen LogP contribution in [0.2, 0.25) is 0 Å². The van der Waals surface area contributed by atoms with E-state index in [2.05, 4.69) is 66.1 Å². The molecule has 0 aromatic heterocycles. The predicted octanol–water partition coefficient (Wildman–Crippen LogP) is 3.52. The molecule has 136 valence electrons. The summed E-state index contributed by atoms with van der Waals surface area (Å²) in [6.07, 6.45) is 0. The van der Waals surface area contributed by atoms with E-state index in [4.69, 9.17) is 0 Å². The van der Waals surface area contributed by atoms with E-state index in [0.717, 1.165) is 13.1 Å². The van der Waals surface area contributed by atoms with Crippen LogP contribution in [0.15, 0.2) is 48.5 Å². The first-order chi connectivity index (χ1) is 12.5. The second kappa shape index (κ2) is 6.76. The van der Waals surface area contributed by atoms with Gasteiger partial charge < -0.3 is 15.5 Å². The Labute approximate surface area is 155 Å². The third-order valence-corrected chi connectivity index (χ3v) is 5.58. The van der Waals surface area contributed by atoms with Gasteiger partial charge in [-0.15, -0.1) is 0 Å². The number of aryl methyl sites for hydroxylation is 1. The molecule has 2 aromatic carbocycles. The number of rotatable bonds is 3. The van der Waals surface area contributed by atoms with E-state index in [1.807, 2.05) is 18.7 Å². The third kappa shape index (κ3) is 2.99. The molecule has 0 aliphatic carbocycles. The highest BCUT2D eigenvalue weighted by atomic mass is 16.2. The lowest BCUT2D eigenvalue weighted by Gasteiger charge is -2.59. The molecule has 4 rings (SSSR count). The topological polar surface area (TPSA) is 44.4 Å². The maximum Gasteiger partial charge on any atom is 0.318 e. The lowest BCUT2D eigenvalue weighted by Crippen LogP contribution is -2.75. The van der Waals surface area contributed by atoms with E-state index in [1.54, 1.807) is 0 Å². The molecule has 2 aliphatic rings. The van der Waals surface area contributed by atoms with Crippen molar-refractivity contribution in [1.82, 2.24) is 15.5 Å². The highest BCUT2D eigenvalue weighted by molar-refractivity contribution is 5.77. The highest BCUT2D eigenvalue weighted by Gasteiger charge is 2.53. The van der Waals surface area contributed by atoms with E-state index in [0.29, 0.717) is 5.92 Å². The average molecular weight is 349 g/mol. The standard InChI is InChI=1S/C22H27N3O/c1-14(2)24-22(26)25-19-12-23-13-20(25)21(19)18-10-8-17(9-11-18)16-6-4-15(3)5-7-16/h4-11,14,19-21,23H,12-13H2,1-3H3,(H,24,26)/t19-,20+,21?. The van der Waals surface area contributed by atoms with Crippen LogP contribution in [-0.4, -0.2) is 42.1 Å². The zero-order chi connectivity index (χ0) is 18.3. The number of piperidine rings is 1. The number of nitrogens with zero attached hydrogens (tertiary/aromatic N) is 1. The van der Waals surface area contributed by atoms with Crippen molar-refractivity contribution in [2.24, 2.45) is 0 Å². The second-order valence-corrected chi connectivity index (χ2v) is 7.82. The quantitative estimate of drug-likeness (QED) is 0.890. The average Bonchev–Trinajstić information content (AvgIpc) is 2.63. The van der Waals surface area contributed by atoms with Crippen molar-refractivity contribution in [2.75, 3.05) is 13.1 Å². The maximum absolute atomic E-state index is 12.5. The van der Waals surface area contributed by atoms with Gasteiger partial charge in [-0.2, -0.15) is 0 Å². The Morgan fingerprint density at radius 2 is 1.54 bits per heavy atom. The van der Waals surface area contributed by atoms with E-state index >= 15 is 0 Å². The number of fused-ring (bicyclic) bond motifs is 2. The first-order valence-corrected chi connectivity index (χ1v) is 9.51. The fourth-order valence-electron chi connectivity index (χ4n) is 4.29. The van der Waals surface area contributed by atoms with Crippen LogP contribution in [0.25, 0.3) is 11.1 Å². The smallest absolute Gasteiger partial charge is 0.318 e. The van der Waals surface area contributed by atoms with Crippen LogP contribution in [-0.2, 0) is 0 Å². The summed E-state index contributed by atoms with van der Waals surface area (Å²) < 4.78 is 0. The number of urea groups is 1. The Hall–Kier alpha value is -2.33. The Kier molecular flexibility index (Phi) is 4.45. The van der Waals surface area contributed by atoms with E-state index in [-0.39, 0.29) is 24.2 Å². The van der Waals surface area contributed by atoms with E-state index in [1.165, 1.54) is 22.3 Å². The van der Waals surface area contributed by atoms with Gasteiger partial charge in [0.25, 0.3) is 0 Å². The molecule has 1 unspecified atom stereocenters. The lowest BCUT2D eigenvalue weighted by atomic mass is 9.72. The van der Waals surface area contributed by atoms with Crippen molar-refractivity contribution in [3.05, 3.63) is 59.7 Å². The van der Waals surface area contributed by atoms with Crippen molar-refractivity contribution in [2.45, 2.75) is 44.8 Å². The number of carbonyl (C=O) groups excluding carboxylic acids is 1. The molecule has 4 nitrogen and oxygen atoms in total. The molecule has 0 radical (unpaired) electrons. The molecule has 2 heterocycles. The van der Waals surface area contributed by atoms with Crippen LogP contribution >= 0.6 is 0 Å². The van der Waals surface area contributed by atoms with Crippen LogP contribution < -0.4 is 10.6 Å². The van der Waals surface area contributed by atoms with Gasteiger partial charge in [0.1, 0.15) is 0 Å². The largest absolute Gasteiger partial charge is 0.336 e. The number of amides is 2. The molecule has 4 heteroatoms. The molecular formula is C22H27N3O. The number of carbonyl (C=O) groups is 1. The third-order valence-electron chi connectivity index (χ3n) is 5.58. The molecule has 0 saturated carbocycles. The lowest BCUT2D eigenvalue weighted by molar-refractivity contribution is -0.00413. The summed E-state index contributed by atoms with van der Waals surface area (Å²) in [7, 11) is 0. The molecule has 2 amide bonds. The molecule has 2 fully saturated rings. The van der Waals surface area contributed by atoms with Gasteiger partial charge >= 0.3 is 6.03 Å². The van der Waals surface area contributed by atoms with Crippen molar-refractivity contribution in [3.8, 4) is 11.1 Å². The fraction of sp³-hybridized carbons (Fsp3) is 0.409. The van der Waals surface area contributed by atoms with Gasteiger partial charge in [0.15, 0.2) is 0 Å². The zero-order valence-electron chi connectivity index (χ0n) is 15.7. The molecule has 26 heavy (non-hydrogen) atoms. The predicted molar refractivity (Wildman–Crippen MR) is 105 cm³/mol. The van der Waals surface area contributed by atoms with Gasteiger partial charge in [0.2, 0.25) is 0 Å². The number of hydrogen-bond acceptors (Lipinski definition) is 2. The number of piperazine rings is 1. The molecule has 2 saturated heterocycles. The minimum Gasteiger partial charge on any atom is -0.336 e. The zero-order valence-corrected chi connectivity index (χ0v) is 15.7. The monoisotopic (exact) mass is 349 g/mol. The SMILES string of the molecule is Cc1ccc(-c2ccc(C3[C@H]4CNC[C@@H]3N4C(=O)NC(C)C)cc2)cc1. The van der Waals surface area contributed by atoms with Crippen LogP contribution in [0.1, 0.15) is 30.9 Å². The van der Waals surface area contributed by atoms with Crippen molar-refractivity contribution < 1.29 is 4.79 Å². The summed E-state index contributed by atoms with van der Waals surface area (Å²) in [5.41, 5.74) is 5.10. The number of hydrogen-bond donors (Lipinski definition) is 2. The molecule has 2 N–H and O–H groups in total. The number of likely N-dealkylation sites (tertiary alicyclic amines) is 1. The highest BCUT2D eigenvalue weighted by Crippen LogP contribution is 2.42. The first-order valence-electron chi connectivity index (χ1n) is 9.51. The summed E-state index contributed by atoms with van der Waals surface area (Å²) in [5.74, 6) is 0.432. The summed E-state index contributed by atoms with van der Waals surface area (Å²) in [6, 6.07) is 18.3. The van der Waals surface area contributed by atoms with Crippen LogP contribution in [0.3, 0.4) is 0 Å². The van der Waals surface area contributed by atoms with Gasteiger partial charge in [-0.1, -0.05) is 54.1 Å². The fourth-order valence-corrected chi connectivity index (χ4v) is 4.29. The number of benzene rings is 2. The van der Waals surface area contributed by atoms with E-state index in [9.17, 15) is 4.79 Å². The molecule has 2 aromatic rings. The molecule has 3 atom stereocenters. The first kappa shape index (κ1) is 17.1. The Bertz CT molecular complexity index is 770. The molecule has 2 bridgehead atoms. The van der Waals surface area contributed by atoms with Crippen LogP contribution in [0, 0.1) is 6.92 Å².